The van der Waals surface area contributed by atoms with Gasteiger partial charge in [0.15, 0.2) is 0 Å². The lowest BCUT2D eigenvalue weighted by atomic mass is 10.2. The van der Waals surface area contributed by atoms with E-state index in [-0.39, 0.29) is 0 Å². The van der Waals surface area contributed by atoms with Crippen LogP contribution in [0.1, 0.15) is 5.56 Å². The van der Waals surface area contributed by atoms with Crippen molar-refractivity contribution >= 4 is 11.8 Å². The normalized spacial score (nSPS) is 10.0. The van der Waals surface area contributed by atoms with E-state index < -0.39 is 0 Å². The minimum absolute atomic E-state index is 0.419. The molecule has 0 unspecified atom stereocenters. The second-order valence-corrected chi connectivity index (χ2v) is 3.72. The number of rotatable bonds is 4. The fourth-order valence-electron chi connectivity index (χ4n) is 1.57. The van der Waals surface area contributed by atoms with Crippen LogP contribution in [0.15, 0.2) is 42.6 Å². The molecule has 0 atom stereocenters. The van der Waals surface area contributed by atoms with Crippen molar-refractivity contribution in [2.24, 2.45) is 5.84 Å². The SMILES string of the molecule is CN(Cc1ccccc1)c1ccnc(NN)n1. The Hall–Kier alpha value is -2.14. The van der Waals surface area contributed by atoms with Crippen molar-refractivity contribution in [3.8, 4) is 0 Å². The van der Waals surface area contributed by atoms with Gasteiger partial charge in [-0.3, -0.25) is 5.43 Å². The van der Waals surface area contributed by atoms with E-state index in [1.54, 1.807) is 6.20 Å². The third-order valence-electron chi connectivity index (χ3n) is 2.42. The Morgan fingerprint density at radius 2 is 2.00 bits per heavy atom. The molecule has 0 spiro atoms. The molecule has 0 aliphatic heterocycles. The van der Waals surface area contributed by atoms with Crippen molar-refractivity contribution in [1.29, 1.82) is 0 Å². The minimum Gasteiger partial charge on any atom is -0.355 e. The Morgan fingerprint density at radius 1 is 1.24 bits per heavy atom. The van der Waals surface area contributed by atoms with Gasteiger partial charge in [0, 0.05) is 19.8 Å². The molecule has 5 nitrogen and oxygen atoms in total. The van der Waals surface area contributed by atoms with Crippen LogP contribution >= 0.6 is 0 Å². The molecular formula is C12H15N5. The monoisotopic (exact) mass is 229 g/mol. The summed E-state index contributed by atoms with van der Waals surface area (Å²) < 4.78 is 0. The highest BCUT2D eigenvalue weighted by atomic mass is 15.3. The Morgan fingerprint density at radius 3 is 2.71 bits per heavy atom. The number of nitrogens with two attached hydrogens (primary N) is 1. The molecule has 0 saturated heterocycles. The van der Waals surface area contributed by atoms with Gasteiger partial charge in [0.05, 0.1) is 0 Å². The quantitative estimate of drug-likeness (QED) is 0.612. The van der Waals surface area contributed by atoms with Crippen LogP contribution < -0.4 is 16.2 Å². The van der Waals surface area contributed by atoms with Crippen molar-refractivity contribution in [3.05, 3.63) is 48.2 Å². The number of hydrogen-bond acceptors (Lipinski definition) is 5. The maximum Gasteiger partial charge on any atom is 0.239 e. The molecule has 0 aliphatic carbocycles. The van der Waals surface area contributed by atoms with E-state index in [4.69, 9.17) is 5.84 Å². The highest BCUT2D eigenvalue weighted by Crippen LogP contribution is 2.13. The molecule has 0 amide bonds. The first-order chi connectivity index (χ1) is 8.29. The van der Waals surface area contributed by atoms with Crippen LogP contribution in [0.25, 0.3) is 0 Å². The molecule has 1 heterocycles. The van der Waals surface area contributed by atoms with Crippen LogP contribution in [0.5, 0.6) is 0 Å². The molecule has 2 rings (SSSR count). The first kappa shape index (κ1) is 11.3. The van der Waals surface area contributed by atoms with E-state index in [1.165, 1.54) is 5.56 Å². The first-order valence-electron chi connectivity index (χ1n) is 5.34. The smallest absolute Gasteiger partial charge is 0.239 e. The zero-order valence-electron chi connectivity index (χ0n) is 9.67. The van der Waals surface area contributed by atoms with Crippen LogP contribution in [0.4, 0.5) is 11.8 Å². The van der Waals surface area contributed by atoms with Gasteiger partial charge in [0.25, 0.3) is 0 Å². The Kier molecular flexibility index (Phi) is 3.52. The minimum atomic E-state index is 0.419. The fraction of sp³-hybridized carbons (Fsp3) is 0.167. The fourth-order valence-corrected chi connectivity index (χ4v) is 1.57. The number of nitrogens with zero attached hydrogens (tertiary/aromatic N) is 3. The number of aromatic nitrogens is 2. The van der Waals surface area contributed by atoms with Crippen molar-refractivity contribution < 1.29 is 0 Å². The molecule has 0 radical (unpaired) electrons. The largest absolute Gasteiger partial charge is 0.355 e. The third kappa shape index (κ3) is 2.92. The van der Waals surface area contributed by atoms with Gasteiger partial charge in [-0.05, 0) is 11.6 Å². The molecule has 1 aromatic heterocycles. The lowest BCUT2D eigenvalue weighted by molar-refractivity contribution is 0.891. The number of nitrogen functional groups attached to an aromatic ring is 1. The number of hydrazine groups is 1. The van der Waals surface area contributed by atoms with Gasteiger partial charge in [-0.2, -0.15) is 4.98 Å². The summed E-state index contributed by atoms with van der Waals surface area (Å²) in [5, 5.41) is 0. The third-order valence-corrected chi connectivity index (χ3v) is 2.42. The topological polar surface area (TPSA) is 67.1 Å². The number of hydrogen-bond donors (Lipinski definition) is 2. The zero-order valence-corrected chi connectivity index (χ0v) is 9.67. The predicted molar refractivity (Wildman–Crippen MR) is 68.4 cm³/mol. The second kappa shape index (κ2) is 5.27. The molecule has 0 bridgehead atoms. The predicted octanol–water partition coefficient (Wildman–Crippen LogP) is 1.40. The molecule has 88 valence electrons. The van der Waals surface area contributed by atoms with Gasteiger partial charge in [-0.15, -0.1) is 0 Å². The van der Waals surface area contributed by atoms with Crippen LogP contribution in [-0.4, -0.2) is 17.0 Å². The highest BCUT2D eigenvalue weighted by Gasteiger charge is 2.04. The van der Waals surface area contributed by atoms with Crippen molar-refractivity contribution in [1.82, 2.24) is 9.97 Å². The second-order valence-electron chi connectivity index (χ2n) is 3.72. The highest BCUT2D eigenvalue weighted by molar-refractivity contribution is 5.41. The number of benzene rings is 1. The summed E-state index contributed by atoms with van der Waals surface area (Å²) >= 11 is 0. The van der Waals surface area contributed by atoms with Crippen LogP contribution in [0.3, 0.4) is 0 Å². The Labute approximate surface area is 100 Å². The van der Waals surface area contributed by atoms with E-state index in [1.807, 2.05) is 36.2 Å². The van der Waals surface area contributed by atoms with Crippen molar-refractivity contribution in [3.63, 3.8) is 0 Å². The van der Waals surface area contributed by atoms with Gasteiger partial charge >= 0.3 is 0 Å². The van der Waals surface area contributed by atoms with Gasteiger partial charge < -0.3 is 4.90 Å². The number of anilines is 2. The molecule has 2 aromatic rings. The molecular weight excluding hydrogens is 214 g/mol. The van der Waals surface area contributed by atoms with Crippen molar-refractivity contribution in [2.45, 2.75) is 6.54 Å². The van der Waals surface area contributed by atoms with Crippen molar-refractivity contribution in [2.75, 3.05) is 17.4 Å². The molecule has 0 saturated carbocycles. The average molecular weight is 229 g/mol. The summed E-state index contributed by atoms with van der Waals surface area (Å²) in [4.78, 5) is 10.3. The molecule has 0 aliphatic rings. The molecule has 1 aromatic carbocycles. The standard InChI is InChI=1S/C12H15N5/c1-17(9-10-5-3-2-4-6-10)11-7-8-14-12(15-11)16-13/h2-8H,9,13H2,1H3,(H,14,15,16). The Bertz CT molecular complexity index is 471. The van der Waals surface area contributed by atoms with E-state index in [2.05, 4.69) is 27.5 Å². The van der Waals surface area contributed by atoms with Gasteiger partial charge in [-0.1, -0.05) is 30.3 Å². The summed E-state index contributed by atoms with van der Waals surface area (Å²) in [6.45, 7) is 0.794. The van der Waals surface area contributed by atoms with E-state index in [0.29, 0.717) is 5.95 Å². The lowest BCUT2D eigenvalue weighted by Gasteiger charge is -2.18. The maximum atomic E-state index is 5.28. The van der Waals surface area contributed by atoms with Gasteiger partial charge in [0.2, 0.25) is 5.95 Å². The zero-order chi connectivity index (χ0) is 12.1. The van der Waals surface area contributed by atoms with Crippen LogP contribution in [0.2, 0.25) is 0 Å². The number of nitrogens with one attached hydrogen (secondary N) is 1. The van der Waals surface area contributed by atoms with Gasteiger partial charge in [0.1, 0.15) is 5.82 Å². The average Bonchev–Trinajstić information content (AvgIpc) is 2.40. The Balaban J connectivity index is 2.11. The molecule has 3 N–H and O–H groups in total. The summed E-state index contributed by atoms with van der Waals surface area (Å²) in [5.41, 5.74) is 3.67. The molecule has 17 heavy (non-hydrogen) atoms. The summed E-state index contributed by atoms with van der Waals surface area (Å²) in [6, 6.07) is 12.1. The van der Waals surface area contributed by atoms with Crippen LogP contribution in [0, 0.1) is 0 Å². The summed E-state index contributed by atoms with van der Waals surface area (Å²) in [5.74, 6) is 6.53. The van der Waals surface area contributed by atoms with Crippen LogP contribution in [-0.2, 0) is 6.54 Å². The maximum absolute atomic E-state index is 5.28. The molecule has 5 heteroatoms. The lowest BCUT2D eigenvalue weighted by Crippen LogP contribution is -2.19. The van der Waals surface area contributed by atoms with E-state index >= 15 is 0 Å². The molecule has 0 fully saturated rings. The van der Waals surface area contributed by atoms with Gasteiger partial charge in [-0.25, -0.2) is 10.8 Å². The summed E-state index contributed by atoms with van der Waals surface area (Å²) in [7, 11) is 1.98. The summed E-state index contributed by atoms with van der Waals surface area (Å²) in [6.07, 6.45) is 1.68. The van der Waals surface area contributed by atoms with E-state index in [0.717, 1.165) is 12.4 Å². The first-order valence-corrected chi connectivity index (χ1v) is 5.34. The van der Waals surface area contributed by atoms with E-state index in [9.17, 15) is 0 Å².